The average Bonchev–Trinajstić information content (AvgIpc) is 2.11. The molecular formula is C12H25NO2S. The van der Waals surface area contributed by atoms with Crippen LogP contribution in [0.5, 0.6) is 0 Å². The van der Waals surface area contributed by atoms with Gasteiger partial charge in [0, 0.05) is 11.3 Å². The van der Waals surface area contributed by atoms with Gasteiger partial charge in [0.05, 0.1) is 5.75 Å². The van der Waals surface area contributed by atoms with Gasteiger partial charge in [-0.05, 0) is 34.2 Å². The standard InChI is InChI=1S/C12H25NO2S/c1-7-13-9(2)10(3)16-8-11(14)15-12(4,5)6/h9-10,13H,7-8H2,1-6H3. The lowest BCUT2D eigenvalue weighted by Crippen LogP contribution is -2.34. The van der Waals surface area contributed by atoms with E-state index in [2.05, 4.69) is 26.1 Å². The zero-order valence-corrected chi connectivity index (χ0v) is 12.1. The Labute approximate surface area is 104 Å². The van der Waals surface area contributed by atoms with Gasteiger partial charge in [0.15, 0.2) is 0 Å². The molecule has 0 aromatic carbocycles. The first-order valence-corrected chi connectivity index (χ1v) is 6.88. The molecule has 0 radical (unpaired) electrons. The Morgan fingerprint density at radius 1 is 1.38 bits per heavy atom. The highest BCUT2D eigenvalue weighted by Crippen LogP contribution is 2.16. The molecule has 3 nitrogen and oxygen atoms in total. The minimum Gasteiger partial charge on any atom is -0.459 e. The maximum atomic E-state index is 11.5. The number of esters is 1. The first-order valence-electron chi connectivity index (χ1n) is 5.83. The molecule has 0 amide bonds. The summed E-state index contributed by atoms with van der Waals surface area (Å²) in [6, 6.07) is 0.414. The topological polar surface area (TPSA) is 38.3 Å². The Bertz CT molecular complexity index is 214. The van der Waals surface area contributed by atoms with Crippen molar-refractivity contribution >= 4 is 17.7 Å². The van der Waals surface area contributed by atoms with Crippen LogP contribution in [0.3, 0.4) is 0 Å². The molecule has 0 saturated carbocycles. The Morgan fingerprint density at radius 3 is 2.38 bits per heavy atom. The van der Waals surface area contributed by atoms with E-state index in [1.54, 1.807) is 11.8 Å². The van der Waals surface area contributed by atoms with Crippen LogP contribution in [0.25, 0.3) is 0 Å². The van der Waals surface area contributed by atoms with E-state index in [0.717, 1.165) is 6.54 Å². The second-order valence-corrected chi connectivity index (χ2v) is 6.31. The summed E-state index contributed by atoms with van der Waals surface area (Å²) in [4.78, 5) is 11.5. The van der Waals surface area contributed by atoms with E-state index in [0.29, 0.717) is 17.0 Å². The number of hydrogen-bond donors (Lipinski definition) is 1. The predicted octanol–water partition coefficient (Wildman–Crippen LogP) is 2.45. The fourth-order valence-corrected chi connectivity index (χ4v) is 2.05. The van der Waals surface area contributed by atoms with Gasteiger partial charge in [-0.3, -0.25) is 4.79 Å². The lowest BCUT2D eigenvalue weighted by molar-refractivity contribution is -0.151. The minimum absolute atomic E-state index is 0.131. The van der Waals surface area contributed by atoms with Crippen molar-refractivity contribution in [1.29, 1.82) is 0 Å². The third-order valence-electron chi connectivity index (χ3n) is 2.11. The molecule has 0 rings (SSSR count). The molecule has 0 aromatic rings. The number of carbonyl (C=O) groups is 1. The monoisotopic (exact) mass is 247 g/mol. The van der Waals surface area contributed by atoms with Crippen LogP contribution in [0.15, 0.2) is 0 Å². The highest BCUT2D eigenvalue weighted by atomic mass is 32.2. The molecular weight excluding hydrogens is 222 g/mol. The summed E-state index contributed by atoms with van der Waals surface area (Å²) in [5, 5.41) is 3.75. The van der Waals surface area contributed by atoms with Crippen molar-refractivity contribution in [2.75, 3.05) is 12.3 Å². The summed E-state index contributed by atoms with van der Waals surface area (Å²) >= 11 is 1.64. The normalized spacial score (nSPS) is 15.6. The number of ether oxygens (including phenoxy) is 1. The summed E-state index contributed by atoms with van der Waals surface area (Å²) in [7, 11) is 0. The quantitative estimate of drug-likeness (QED) is 0.732. The van der Waals surface area contributed by atoms with Crippen LogP contribution in [-0.2, 0) is 9.53 Å². The Morgan fingerprint density at radius 2 is 1.94 bits per heavy atom. The second-order valence-electron chi connectivity index (χ2n) is 4.95. The number of carbonyl (C=O) groups excluding carboxylic acids is 1. The fourth-order valence-electron chi connectivity index (χ4n) is 1.20. The maximum Gasteiger partial charge on any atom is 0.316 e. The Kier molecular flexibility index (Phi) is 7.07. The third kappa shape index (κ3) is 7.99. The van der Waals surface area contributed by atoms with Gasteiger partial charge in [0.1, 0.15) is 5.60 Å². The number of rotatable bonds is 6. The smallest absolute Gasteiger partial charge is 0.316 e. The number of nitrogens with one attached hydrogen (secondary N) is 1. The molecule has 0 saturated heterocycles. The first-order chi connectivity index (χ1) is 7.26. The highest BCUT2D eigenvalue weighted by molar-refractivity contribution is 8.00. The lowest BCUT2D eigenvalue weighted by Gasteiger charge is -2.22. The first kappa shape index (κ1) is 15.8. The van der Waals surface area contributed by atoms with E-state index < -0.39 is 0 Å². The van der Waals surface area contributed by atoms with E-state index in [1.165, 1.54) is 0 Å². The molecule has 0 aliphatic rings. The molecule has 96 valence electrons. The average molecular weight is 247 g/mol. The van der Waals surface area contributed by atoms with Crippen LogP contribution >= 0.6 is 11.8 Å². The van der Waals surface area contributed by atoms with Gasteiger partial charge in [0.25, 0.3) is 0 Å². The molecule has 0 bridgehead atoms. The van der Waals surface area contributed by atoms with Crippen molar-refractivity contribution in [3.63, 3.8) is 0 Å². The molecule has 0 spiro atoms. The number of thioether (sulfide) groups is 1. The van der Waals surface area contributed by atoms with Gasteiger partial charge in [-0.15, -0.1) is 11.8 Å². The van der Waals surface area contributed by atoms with Crippen LogP contribution < -0.4 is 5.32 Å². The minimum atomic E-state index is -0.381. The maximum absolute atomic E-state index is 11.5. The molecule has 2 atom stereocenters. The summed E-state index contributed by atoms with van der Waals surface area (Å²) < 4.78 is 5.25. The summed E-state index contributed by atoms with van der Waals surface area (Å²) in [5.41, 5.74) is -0.381. The van der Waals surface area contributed by atoms with Gasteiger partial charge in [-0.1, -0.05) is 13.8 Å². The van der Waals surface area contributed by atoms with Crippen molar-refractivity contribution in [2.24, 2.45) is 0 Å². The van der Waals surface area contributed by atoms with E-state index in [-0.39, 0.29) is 11.6 Å². The molecule has 1 N–H and O–H groups in total. The van der Waals surface area contributed by atoms with Crippen molar-refractivity contribution in [3.05, 3.63) is 0 Å². The van der Waals surface area contributed by atoms with Gasteiger partial charge in [-0.25, -0.2) is 0 Å². The molecule has 16 heavy (non-hydrogen) atoms. The predicted molar refractivity (Wildman–Crippen MR) is 70.9 cm³/mol. The van der Waals surface area contributed by atoms with E-state index in [4.69, 9.17) is 4.74 Å². The molecule has 0 heterocycles. The summed E-state index contributed by atoms with van der Waals surface area (Å²) in [6.45, 7) is 13.0. The van der Waals surface area contributed by atoms with Crippen molar-refractivity contribution in [2.45, 2.75) is 58.4 Å². The Hall–Kier alpha value is -0.220. The van der Waals surface area contributed by atoms with E-state index >= 15 is 0 Å². The Balaban J connectivity index is 3.83. The van der Waals surface area contributed by atoms with Crippen LogP contribution in [0.4, 0.5) is 0 Å². The van der Waals surface area contributed by atoms with Gasteiger partial charge in [-0.2, -0.15) is 0 Å². The zero-order valence-electron chi connectivity index (χ0n) is 11.3. The van der Waals surface area contributed by atoms with Gasteiger partial charge in [0.2, 0.25) is 0 Å². The second kappa shape index (κ2) is 7.17. The molecule has 4 heteroatoms. The van der Waals surface area contributed by atoms with Crippen molar-refractivity contribution in [3.8, 4) is 0 Å². The van der Waals surface area contributed by atoms with Gasteiger partial charge >= 0.3 is 5.97 Å². The molecule has 2 unspecified atom stereocenters. The molecule has 0 aromatic heterocycles. The lowest BCUT2D eigenvalue weighted by atomic mass is 10.2. The zero-order chi connectivity index (χ0) is 12.8. The van der Waals surface area contributed by atoms with Crippen LogP contribution in [-0.4, -0.2) is 35.2 Å². The highest BCUT2D eigenvalue weighted by Gasteiger charge is 2.18. The van der Waals surface area contributed by atoms with Crippen LogP contribution in [0, 0.1) is 0 Å². The van der Waals surface area contributed by atoms with E-state index in [1.807, 2.05) is 20.8 Å². The van der Waals surface area contributed by atoms with Crippen molar-refractivity contribution < 1.29 is 9.53 Å². The third-order valence-corrected chi connectivity index (χ3v) is 3.45. The SMILES string of the molecule is CCNC(C)C(C)SCC(=O)OC(C)(C)C. The molecule has 0 aliphatic heterocycles. The fraction of sp³-hybridized carbons (Fsp3) is 0.917. The largest absolute Gasteiger partial charge is 0.459 e. The van der Waals surface area contributed by atoms with Crippen LogP contribution in [0.1, 0.15) is 41.5 Å². The number of hydrogen-bond acceptors (Lipinski definition) is 4. The van der Waals surface area contributed by atoms with Crippen LogP contribution in [0.2, 0.25) is 0 Å². The van der Waals surface area contributed by atoms with Gasteiger partial charge < -0.3 is 10.1 Å². The van der Waals surface area contributed by atoms with Crippen molar-refractivity contribution in [1.82, 2.24) is 5.32 Å². The van der Waals surface area contributed by atoms with E-state index in [9.17, 15) is 4.79 Å². The summed E-state index contributed by atoms with van der Waals surface area (Å²) in [6.07, 6.45) is 0. The summed E-state index contributed by atoms with van der Waals surface area (Å²) in [5.74, 6) is 0.293. The molecule has 0 fully saturated rings. The molecule has 0 aliphatic carbocycles.